The molecular weight excluding hydrogens is 408 g/mol. The van der Waals surface area contributed by atoms with Crippen LogP contribution in [0.5, 0.6) is 0 Å². The SMILES string of the molecule is COCCN(CC(N)=O)CC(=O)Nc1ccc(S(=O)(=O)N(C)C2CCCCC2)cc1. The molecule has 30 heavy (non-hydrogen) atoms. The van der Waals surface area contributed by atoms with Crippen LogP contribution in [0.2, 0.25) is 0 Å². The zero-order valence-electron chi connectivity index (χ0n) is 17.7. The van der Waals surface area contributed by atoms with Crippen molar-refractivity contribution in [3.63, 3.8) is 0 Å². The standard InChI is InChI=1S/C20H32N4O5S/c1-23(17-6-4-3-5-7-17)30(27,28)18-10-8-16(9-11-18)22-20(26)15-24(12-13-29-2)14-19(21)25/h8-11,17H,3-7,12-15H2,1-2H3,(H2,21,25)(H,22,26). The molecule has 0 bridgehead atoms. The van der Waals surface area contributed by atoms with Gasteiger partial charge in [0.15, 0.2) is 0 Å². The molecule has 0 atom stereocenters. The van der Waals surface area contributed by atoms with Gasteiger partial charge in [0.1, 0.15) is 0 Å². The highest BCUT2D eigenvalue weighted by Crippen LogP contribution is 2.26. The van der Waals surface area contributed by atoms with Crippen LogP contribution in [0.1, 0.15) is 32.1 Å². The van der Waals surface area contributed by atoms with E-state index in [0.717, 1.165) is 32.1 Å². The van der Waals surface area contributed by atoms with Crippen LogP contribution in [-0.2, 0) is 24.3 Å². The highest BCUT2D eigenvalue weighted by molar-refractivity contribution is 7.89. The third kappa shape index (κ3) is 7.05. The van der Waals surface area contributed by atoms with E-state index >= 15 is 0 Å². The first-order valence-electron chi connectivity index (χ1n) is 10.1. The number of rotatable bonds is 11. The molecule has 168 valence electrons. The first-order chi connectivity index (χ1) is 14.2. The number of anilines is 1. The van der Waals surface area contributed by atoms with Crippen LogP contribution in [0.3, 0.4) is 0 Å². The molecule has 9 nitrogen and oxygen atoms in total. The first-order valence-corrected chi connectivity index (χ1v) is 11.6. The van der Waals surface area contributed by atoms with Crippen molar-refractivity contribution < 1.29 is 22.7 Å². The van der Waals surface area contributed by atoms with Gasteiger partial charge in [0.05, 0.1) is 24.6 Å². The average molecular weight is 441 g/mol. The maximum atomic E-state index is 12.9. The summed E-state index contributed by atoms with van der Waals surface area (Å²) < 4.78 is 32.2. The van der Waals surface area contributed by atoms with Crippen molar-refractivity contribution in [1.29, 1.82) is 0 Å². The van der Waals surface area contributed by atoms with Crippen LogP contribution in [0, 0.1) is 0 Å². The Bertz CT molecular complexity index is 807. The van der Waals surface area contributed by atoms with Gasteiger partial charge in [-0.3, -0.25) is 14.5 Å². The Morgan fingerprint density at radius 2 is 1.77 bits per heavy atom. The molecule has 2 amide bonds. The van der Waals surface area contributed by atoms with E-state index in [1.54, 1.807) is 24.1 Å². The summed E-state index contributed by atoms with van der Waals surface area (Å²) >= 11 is 0. The summed E-state index contributed by atoms with van der Waals surface area (Å²) in [5.41, 5.74) is 5.69. The summed E-state index contributed by atoms with van der Waals surface area (Å²) in [4.78, 5) is 25.2. The molecule has 0 heterocycles. The zero-order valence-corrected chi connectivity index (χ0v) is 18.5. The highest BCUT2D eigenvalue weighted by atomic mass is 32.2. The summed E-state index contributed by atoms with van der Waals surface area (Å²) in [5, 5.41) is 2.71. The van der Waals surface area contributed by atoms with Crippen molar-refractivity contribution in [3.8, 4) is 0 Å². The van der Waals surface area contributed by atoms with Gasteiger partial charge in [0.25, 0.3) is 0 Å². The average Bonchev–Trinajstić information content (AvgIpc) is 2.72. The number of sulfonamides is 1. The maximum absolute atomic E-state index is 12.9. The molecular formula is C20H32N4O5S. The lowest BCUT2D eigenvalue weighted by Gasteiger charge is -2.30. The van der Waals surface area contributed by atoms with Crippen molar-refractivity contribution >= 4 is 27.5 Å². The summed E-state index contributed by atoms with van der Waals surface area (Å²) in [7, 11) is -0.415. The molecule has 1 aliphatic carbocycles. The van der Waals surface area contributed by atoms with E-state index in [9.17, 15) is 18.0 Å². The van der Waals surface area contributed by atoms with E-state index in [1.165, 1.54) is 23.5 Å². The highest BCUT2D eigenvalue weighted by Gasteiger charge is 2.29. The van der Waals surface area contributed by atoms with Gasteiger partial charge in [0.2, 0.25) is 21.8 Å². The number of carbonyl (C=O) groups is 2. The van der Waals surface area contributed by atoms with Crippen LogP contribution in [0.25, 0.3) is 0 Å². The van der Waals surface area contributed by atoms with Gasteiger partial charge in [-0.15, -0.1) is 0 Å². The lowest BCUT2D eigenvalue weighted by molar-refractivity contribution is -0.121. The second kappa shape index (κ2) is 11.4. The quantitative estimate of drug-likeness (QED) is 0.530. The van der Waals surface area contributed by atoms with Crippen LogP contribution >= 0.6 is 0 Å². The second-order valence-corrected chi connectivity index (χ2v) is 9.55. The van der Waals surface area contributed by atoms with Gasteiger partial charge in [-0.2, -0.15) is 4.31 Å². The van der Waals surface area contributed by atoms with E-state index in [-0.39, 0.29) is 29.9 Å². The summed E-state index contributed by atoms with van der Waals surface area (Å²) in [6.07, 6.45) is 5.02. The van der Waals surface area contributed by atoms with Crippen molar-refractivity contribution in [2.45, 2.75) is 43.0 Å². The smallest absolute Gasteiger partial charge is 0.243 e. The number of methoxy groups -OCH3 is 1. The first kappa shape index (κ1) is 24.3. The van der Waals surface area contributed by atoms with E-state index in [0.29, 0.717) is 18.8 Å². The van der Waals surface area contributed by atoms with E-state index in [1.807, 2.05) is 0 Å². The fourth-order valence-corrected chi connectivity index (χ4v) is 4.99. The molecule has 0 aromatic heterocycles. The number of nitrogens with zero attached hydrogens (tertiary/aromatic N) is 2. The number of carbonyl (C=O) groups excluding carboxylic acids is 2. The Morgan fingerprint density at radius 3 is 2.33 bits per heavy atom. The predicted octanol–water partition coefficient (Wildman–Crippen LogP) is 1.01. The van der Waals surface area contributed by atoms with Crippen LogP contribution < -0.4 is 11.1 Å². The van der Waals surface area contributed by atoms with Crippen LogP contribution in [-0.4, -0.2) is 75.9 Å². The molecule has 1 fully saturated rings. The Hall–Kier alpha value is -2.01. The van der Waals surface area contributed by atoms with Gasteiger partial charge in [-0.05, 0) is 37.1 Å². The number of amides is 2. The fourth-order valence-electron chi connectivity index (χ4n) is 3.58. The molecule has 1 saturated carbocycles. The molecule has 2 rings (SSSR count). The number of nitrogens with two attached hydrogens (primary N) is 1. The Labute approximate surface area is 178 Å². The number of hydrogen-bond donors (Lipinski definition) is 2. The second-order valence-electron chi connectivity index (χ2n) is 7.56. The monoisotopic (exact) mass is 440 g/mol. The number of benzene rings is 1. The number of ether oxygens (including phenoxy) is 1. The minimum absolute atomic E-state index is 0.0310. The third-order valence-electron chi connectivity index (χ3n) is 5.26. The van der Waals surface area contributed by atoms with Gasteiger partial charge in [-0.25, -0.2) is 8.42 Å². The number of nitrogens with one attached hydrogen (secondary N) is 1. The van der Waals surface area contributed by atoms with E-state index < -0.39 is 15.9 Å². The molecule has 3 N–H and O–H groups in total. The van der Waals surface area contributed by atoms with E-state index in [2.05, 4.69) is 5.32 Å². The van der Waals surface area contributed by atoms with Crippen molar-refractivity contribution in [2.24, 2.45) is 5.73 Å². The maximum Gasteiger partial charge on any atom is 0.243 e. The fraction of sp³-hybridized carbons (Fsp3) is 0.600. The Balaban J connectivity index is 1.98. The molecule has 0 aliphatic heterocycles. The van der Waals surface area contributed by atoms with Crippen LogP contribution in [0.15, 0.2) is 29.2 Å². The van der Waals surface area contributed by atoms with Gasteiger partial charge in [0, 0.05) is 32.4 Å². The molecule has 0 saturated heterocycles. The van der Waals surface area contributed by atoms with Crippen molar-refractivity contribution in [2.75, 3.05) is 45.7 Å². The Kier molecular flexibility index (Phi) is 9.22. The lowest BCUT2D eigenvalue weighted by atomic mass is 9.96. The molecule has 0 radical (unpaired) electrons. The molecule has 1 aromatic rings. The van der Waals surface area contributed by atoms with Crippen molar-refractivity contribution in [3.05, 3.63) is 24.3 Å². The number of primary amides is 1. The van der Waals surface area contributed by atoms with Crippen molar-refractivity contribution in [1.82, 2.24) is 9.21 Å². The molecule has 0 spiro atoms. The van der Waals surface area contributed by atoms with Gasteiger partial charge < -0.3 is 15.8 Å². The summed E-state index contributed by atoms with van der Waals surface area (Å²) in [5.74, 6) is -0.863. The largest absolute Gasteiger partial charge is 0.383 e. The molecule has 1 aromatic carbocycles. The molecule has 0 unspecified atom stereocenters. The lowest BCUT2D eigenvalue weighted by Crippen LogP contribution is -2.40. The van der Waals surface area contributed by atoms with Gasteiger partial charge in [-0.1, -0.05) is 19.3 Å². The van der Waals surface area contributed by atoms with E-state index in [4.69, 9.17) is 10.5 Å². The number of hydrogen-bond acceptors (Lipinski definition) is 6. The molecule has 1 aliphatic rings. The Morgan fingerprint density at radius 1 is 1.13 bits per heavy atom. The molecule has 10 heteroatoms. The minimum Gasteiger partial charge on any atom is -0.383 e. The predicted molar refractivity (Wildman–Crippen MR) is 114 cm³/mol. The third-order valence-corrected chi connectivity index (χ3v) is 7.19. The zero-order chi connectivity index (χ0) is 22.1. The summed E-state index contributed by atoms with van der Waals surface area (Å²) in [6.45, 7) is 0.664. The summed E-state index contributed by atoms with van der Waals surface area (Å²) in [6, 6.07) is 6.15. The minimum atomic E-state index is -3.58. The van der Waals surface area contributed by atoms with Crippen LogP contribution in [0.4, 0.5) is 5.69 Å². The normalized spacial score (nSPS) is 15.5. The van der Waals surface area contributed by atoms with Gasteiger partial charge >= 0.3 is 0 Å². The topological polar surface area (TPSA) is 122 Å².